The molecule has 0 bridgehead atoms. The first-order valence-electron chi connectivity index (χ1n) is 12.2. The largest absolute Gasteiger partial charge is 0.491 e. The average molecular weight is 481 g/mol. The molecule has 0 aliphatic heterocycles. The van der Waals surface area contributed by atoms with Gasteiger partial charge in [0.05, 0.1) is 51.4 Å². The van der Waals surface area contributed by atoms with Gasteiger partial charge in [-0.15, -0.1) is 5.11 Å². The molecule has 0 aliphatic carbocycles. The Morgan fingerprint density at radius 1 is 0.694 bits per heavy atom. The molecule has 0 saturated carbocycles. The van der Waals surface area contributed by atoms with Crippen molar-refractivity contribution < 1.29 is 9.22 Å². The zero-order chi connectivity index (χ0) is 25.5. The molecule has 0 aliphatic rings. The summed E-state index contributed by atoms with van der Waals surface area (Å²) in [5, 5.41) is 20.2. The fourth-order valence-corrected chi connectivity index (χ4v) is 3.88. The fourth-order valence-electron chi connectivity index (χ4n) is 3.88. The number of benzene rings is 4. The van der Waals surface area contributed by atoms with Crippen LogP contribution in [0.2, 0.25) is 0 Å². The molecule has 0 radical (unpaired) electrons. The lowest BCUT2D eigenvalue weighted by atomic mass is 10.1. The van der Waals surface area contributed by atoms with Crippen LogP contribution in [-0.4, -0.2) is 38.8 Å². The highest BCUT2D eigenvalue weighted by atomic mass is 16.5. The molecule has 0 N–H and O–H groups in total. The van der Waals surface area contributed by atoms with Crippen molar-refractivity contribution in [2.75, 3.05) is 34.3 Å². The van der Waals surface area contributed by atoms with E-state index in [-0.39, 0.29) is 0 Å². The van der Waals surface area contributed by atoms with Crippen LogP contribution in [0.4, 0.5) is 22.7 Å². The first-order valence-corrected chi connectivity index (χ1v) is 12.2. The van der Waals surface area contributed by atoms with Crippen molar-refractivity contribution >= 4 is 33.5 Å². The van der Waals surface area contributed by atoms with E-state index in [1.807, 2.05) is 74.5 Å². The summed E-state index contributed by atoms with van der Waals surface area (Å²) in [6, 6.07) is 26.0. The van der Waals surface area contributed by atoms with Gasteiger partial charge < -0.3 is 9.22 Å². The monoisotopic (exact) mass is 480 g/mol. The van der Waals surface area contributed by atoms with Crippen molar-refractivity contribution in [2.45, 2.75) is 20.3 Å². The second-order valence-electron chi connectivity index (χ2n) is 10.0. The van der Waals surface area contributed by atoms with E-state index < -0.39 is 0 Å². The number of hydrogen-bond donors (Lipinski definition) is 0. The highest BCUT2D eigenvalue weighted by Crippen LogP contribution is 2.38. The maximum absolute atomic E-state index is 6.17. The molecule has 0 spiro atoms. The molecular formula is C30H34N5O+. The minimum Gasteiger partial charge on any atom is -0.491 e. The van der Waals surface area contributed by atoms with Gasteiger partial charge in [-0.25, -0.2) is 0 Å². The highest BCUT2D eigenvalue weighted by Gasteiger charge is 2.11. The Bertz CT molecular complexity index is 1400. The summed E-state index contributed by atoms with van der Waals surface area (Å²) >= 11 is 0. The smallest absolute Gasteiger partial charge is 0.147 e. The highest BCUT2D eigenvalue weighted by molar-refractivity contribution is 5.95. The minimum atomic E-state index is 0.635. The quantitative estimate of drug-likeness (QED) is 0.134. The Morgan fingerprint density at radius 2 is 1.42 bits per heavy atom. The van der Waals surface area contributed by atoms with Crippen molar-refractivity contribution in [1.82, 2.24) is 0 Å². The topological polar surface area (TPSA) is 58.7 Å². The van der Waals surface area contributed by atoms with Gasteiger partial charge in [0, 0.05) is 11.8 Å². The van der Waals surface area contributed by atoms with E-state index >= 15 is 0 Å². The van der Waals surface area contributed by atoms with Gasteiger partial charge in [0.15, 0.2) is 0 Å². The predicted molar refractivity (Wildman–Crippen MR) is 148 cm³/mol. The van der Waals surface area contributed by atoms with Crippen LogP contribution in [0.15, 0.2) is 99.3 Å². The van der Waals surface area contributed by atoms with Crippen molar-refractivity contribution in [2.24, 2.45) is 20.5 Å². The normalized spacial score (nSPS) is 12.1. The molecule has 184 valence electrons. The molecule has 0 saturated heterocycles. The van der Waals surface area contributed by atoms with Gasteiger partial charge in [0.2, 0.25) is 0 Å². The van der Waals surface area contributed by atoms with Gasteiger partial charge in [-0.3, -0.25) is 0 Å². The molecule has 0 aromatic heterocycles. The number of fused-ring (bicyclic) bond motifs is 1. The van der Waals surface area contributed by atoms with Gasteiger partial charge in [0.25, 0.3) is 0 Å². The van der Waals surface area contributed by atoms with E-state index in [4.69, 9.17) is 4.74 Å². The Morgan fingerprint density at radius 3 is 2.19 bits per heavy atom. The van der Waals surface area contributed by atoms with Gasteiger partial charge in [-0.1, -0.05) is 48.5 Å². The van der Waals surface area contributed by atoms with Crippen LogP contribution in [-0.2, 0) is 0 Å². The molecule has 4 aromatic rings. The zero-order valence-electron chi connectivity index (χ0n) is 21.8. The molecular weight excluding hydrogens is 446 g/mol. The van der Waals surface area contributed by atoms with Crippen LogP contribution in [0.3, 0.4) is 0 Å². The summed E-state index contributed by atoms with van der Waals surface area (Å²) in [6.45, 7) is 5.71. The number of quaternary nitrogens is 1. The van der Waals surface area contributed by atoms with Crippen molar-refractivity contribution in [3.8, 4) is 5.75 Å². The molecule has 4 aromatic carbocycles. The first-order chi connectivity index (χ1) is 17.3. The predicted octanol–water partition coefficient (Wildman–Crippen LogP) is 8.76. The summed E-state index contributed by atoms with van der Waals surface area (Å²) in [4.78, 5) is 0. The molecule has 0 unspecified atom stereocenters. The van der Waals surface area contributed by atoms with E-state index in [1.165, 1.54) is 0 Å². The molecule has 0 amide bonds. The lowest BCUT2D eigenvalue weighted by Gasteiger charge is -2.23. The third-order valence-corrected chi connectivity index (χ3v) is 5.92. The molecule has 36 heavy (non-hydrogen) atoms. The average Bonchev–Trinajstić information content (AvgIpc) is 2.85. The van der Waals surface area contributed by atoms with E-state index in [0.717, 1.165) is 67.8 Å². The zero-order valence-corrected chi connectivity index (χ0v) is 21.8. The first kappa shape index (κ1) is 25.2. The summed E-state index contributed by atoms with van der Waals surface area (Å²) in [7, 11) is 6.56. The third kappa shape index (κ3) is 6.61. The van der Waals surface area contributed by atoms with Crippen LogP contribution in [0.25, 0.3) is 10.8 Å². The molecule has 6 nitrogen and oxygen atoms in total. The maximum atomic E-state index is 6.17. The second kappa shape index (κ2) is 11.2. The Kier molecular flexibility index (Phi) is 7.86. The Balaban J connectivity index is 1.57. The number of nitrogens with zero attached hydrogens (tertiary/aromatic N) is 5. The van der Waals surface area contributed by atoms with Crippen LogP contribution < -0.4 is 4.74 Å². The number of rotatable bonds is 9. The van der Waals surface area contributed by atoms with E-state index in [1.54, 1.807) is 0 Å². The maximum Gasteiger partial charge on any atom is 0.147 e. The molecule has 6 heteroatoms. The third-order valence-electron chi connectivity index (χ3n) is 5.92. The minimum absolute atomic E-state index is 0.635. The van der Waals surface area contributed by atoms with Gasteiger partial charge in [-0.05, 0) is 60.7 Å². The van der Waals surface area contributed by atoms with E-state index in [9.17, 15) is 0 Å². The molecule has 0 fully saturated rings. The summed E-state index contributed by atoms with van der Waals surface area (Å²) in [5.74, 6) is 0.750. The lowest BCUT2D eigenvalue weighted by molar-refractivity contribution is -0.870. The molecule has 0 heterocycles. The summed E-state index contributed by atoms with van der Waals surface area (Å²) < 4.78 is 7.08. The number of ether oxygens (including phenoxy) is 1. The lowest BCUT2D eigenvalue weighted by Crippen LogP contribution is -2.35. The number of azo groups is 2. The molecule has 0 atom stereocenters. The van der Waals surface area contributed by atoms with E-state index in [0.29, 0.717) is 6.61 Å². The molecule has 4 rings (SSSR count). The van der Waals surface area contributed by atoms with Gasteiger partial charge >= 0.3 is 0 Å². The second-order valence-corrected chi connectivity index (χ2v) is 10.0. The Hall–Kier alpha value is -3.90. The van der Waals surface area contributed by atoms with Gasteiger partial charge in [-0.2, -0.15) is 15.3 Å². The number of aryl methyl sites for hydroxylation is 2. The van der Waals surface area contributed by atoms with Gasteiger partial charge in [0.1, 0.15) is 11.4 Å². The van der Waals surface area contributed by atoms with E-state index in [2.05, 4.69) is 59.8 Å². The summed E-state index contributed by atoms with van der Waals surface area (Å²) in [6.07, 6.45) is 0.963. The standard InChI is InChI=1S/C30H34N5O/c1-22-11-6-9-14-27(22)32-31-25-16-17-28(23(2)21-25)33-34-30-26-13-8-7-12-24(26)15-18-29(30)36-20-10-19-35(3,4)5/h6-9,11-18,21H,10,19-20H2,1-5H3/q+1. The van der Waals surface area contributed by atoms with Crippen LogP contribution in [0, 0.1) is 13.8 Å². The van der Waals surface area contributed by atoms with Crippen LogP contribution in [0.1, 0.15) is 17.5 Å². The SMILES string of the molecule is Cc1ccccc1N=Nc1ccc(N=Nc2c(OCCC[N+](C)(C)C)ccc3ccccc23)c(C)c1. The van der Waals surface area contributed by atoms with Crippen LogP contribution >= 0.6 is 0 Å². The van der Waals surface area contributed by atoms with Crippen molar-refractivity contribution in [3.63, 3.8) is 0 Å². The number of hydrogen-bond acceptors (Lipinski definition) is 5. The van der Waals surface area contributed by atoms with Crippen molar-refractivity contribution in [3.05, 3.63) is 90.0 Å². The fraction of sp³-hybridized carbons (Fsp3) is 0.267. The summed E-state index contributed by atoms with van der Waals surface area (Å²) in [5.41, 5.74) is 5.25. The van der Waals surface area contributed by atoms with Crippen LogP contribution in [0.5, 0.6) is 5.75 Å². The van der Waals surface area contributed by atoms with Crippen molar-refractivity contribution in [1.29, 1.82) is 0 Å². The Labute approximate surface area is 213 Å².